The Morgan fingerprint density at radius 2 is 1.69 bits per heavy atom. The van der Waals surface area contributed by atoms with Crippen LogP contribution in [0.15, 0.2) is 90.4 Å². The van der Waals surface area contributed by atoms with Gasteiger partial charge < -0.3 is 34.6 Å². The zero-order valence-electron chi connectivity index (χ0n) is 26.9. The molecule has 0 aliphatic carbocycles. The molecule has 13 heteroatoms. The van der Waals surface area contributed by atoms with Crippen molar-refractivity contribution in [2.75, 3.05) is 51.9 Å². The fourth-order valence-corrected chi connectivity index (χ4v) is 4.64. The Balaban J connectivity index is 0.000000579. The first-order valence-corrected chi connectivity index (χ1v) is 15.3. The molecule has 0 atom stereocenters. The van der Waals surface area contributed by atoms with E-state index in [1.807, 2.05) is 73.7 Å². The molecule has 1 aliphatic rings. The number of carbonyl (C=O) groups is 2. The number of carboxylic acids is 2. The fourth-order valence-electron chi connectivity index (χ4n) is 4.64. The number of hydrogen-bond donors (Lipinski definition) is 3. The summed E-state index contributed by atoms with van der Waals surface area (Å²) in [6.45, 7) is 7.48. The van der Waals surface area contributed by atoms with Gasteiger partial charge in [-0.05, 0) is 42.7 Å². The number of aliphatic carboxylic acids is 2. The van der Waals surface area contributed by atoms with E-state index in [4.69, 9.17) is 29.3 Å². The van der Waals surface area contributed by atoms with Crippen molar-refractivity contribution in [2.24, 2.45) is 5.16 Å². The van der Waals surface area contributed by atoms with Gasteiger partial charge in [0.1, 0.15) is 18.8 Å². The van der Waals surface area contributed by atoms with Crippen molar-refractivity contribution in [1.29, 1.82) is 0 Å². The average Bonchev–Trinajstić information content (AvgIpc) is 3.10. The Morgan fingerprint density at radius 3 is 2.35 bits per heavy atom. The van der Waals surface area contributed by atoms with Gasteiger partial charge in [-0.3, -0.25) is 4.90 Å². The molecule has 252 valence electrons. The van der Waals surface area contributed by atoms with Gasteiger partial charge in [-0.15, -0.1) is 0 Å². The van der Waals surface area contributed by atoms with Gasteiger partial charge in [-0.25, -0.2) is 19.6 Å². The summed E-state index contributed by atoms with van der Waals surface area (Å²) in [5.41, 5.74) is 4.52. The molecule has 2 heterocycles. The number of morpholine rings is 1. The van der Waals surface area contributed by atoms with Crippen LogP contribution in [0.25, 0.3) is 10.9 Å². The third kappa shape index (κ3) is 11.4. The van der Waals surface area contributed by atoms with E-state index in [-0.39, 0.29) is 0 Å². The number of oxime groups is 1. The SMILES string of the molecule is COc1cc2ncnc(Nc3ccc(/C(C)=N/OCc4ccccc4)cc3)c2cc1OCCCN1CCOCC1.O=C(O)/C=C\C(=O)O. The Labute approximate surface area is 278 Å². The van der Waals surface area contributed by atoms with Crippen molar-refractivity contribution < 1.29 is 38.9 Å². The molecule has 5 rings (SSSR count). The molecule has 13 nitrogen and oxygen atoms in total. The number of nitrogens with one attached hydrogen (secondary N) is 1. The van der Waals surface area contributed by atoms with Crippen LogP contribution in [0, 0.1) is 0 Å². The molecule has 1 aliphatic heterocycles. The minimum Gasteiger partial charge on any atom is -0.493 e. The lowest BCUT2D eigenvalue weighted by Gasteiger charge is -2.26. The van der Waals surface area contributed by atoms with E-state index in [2.05, 4.69) is 25.3 Å². The van der Waals surface area contributed by atoms with Crippen LogP contribution in [0.5, 0.6) is 11.5 Å². The predicted molar refractivity (Wildman–Crippen MR) is 181 cm³/mol. The highest BCUT2D eigenvalue weighted by Crippen LogP contribution is 2.35. The zero-order chi connectivity index (χ0) is 34.1. The highest BCUT2D eigenvalue weighted by molar-refractivity contribution is 5.99. The van der Waals surface area contributed by atoms with Crippen LogP contribution < -0.4 is 14.8 Å². The van der Waals surface area contributed by atoms with Crippen molar-refractivity contribution >= 4 is 40.1 Å². The standard InChI is InChI=1S/C31H35N5O4.C4H4O4/c1-23(35-40-21-24-7-4-3-5-8-24)25-9-11-26(12-10-25)34-31-27-19-30(29(37-2)20-28(27)32-22-33-31)39-16-6-13-36-14-17-38-18-15-36;5-3(6)1-2-4(7)8/h3-5,7-12,19-20,22H,6,13-18,21H2,1-2H3,(H,32,33,34);1-2H,(H,5,6)(H,7,8)/b35-23+;2-1-. The second kappa shape index (κ2) is 18.6. The molecule has 0 spiro atoms. The van der Waals surface area contributed by atoms with Gasteiger partial charge in [-0.1, -0.05) is 47.6 Å². The van der Waals surface area contributed by atoms with Gasteiger partial charge in [0.15, 0.2) is 11.5 Å². The van der Waals surface area contributed by atoms with Crippen molar-refractivity contribution in [3.8, 4) is 11.5 Å². The summed E-state index contributed by atoms with van der Waals surface area (Å²) in [7, 11) is 1.64. The average molecular weight is 658 g/mol. The topological polar surface area (TPSA) is 165 Å². The number of carboxylic acid groups (broad SMARTS) is 2. The number of hydrogen-bond acceptors (Lipinski definition) is 11. The Bertz CT molecular complexity index is 1680. The smallest absolute Gasteiger partial charge is 0.328 e. The van der Waals surface area contributed by atoms with Crippen LogP contribution >= 0.6 is 0 Å². The second-order valence-corrected chi connectivity index (χ2v) is 10.5. The Kier molecular flexibility index (Phi) is 13.7. The third-order valence-corrected chi connectivity index (χ3v) is 7.11. The van der Waals surface area contributed by atoms with E-state index in [1.54, 1.807) is 13.4 Å². The van der Waals surface area contributed by atoms with E-state index >= 15 is 0 Å². The van der Waals surface area contributed by atoms with Crippen molar-refractivity contribution in [3.63, 3.8) is 0 Å². The molecule has 0 radical (unpaired) electrons. The lowest BCUT2D eigenvalue weighted by atomic mass is 10.1. The lowest BCUT2D eigenvalue weighted by Crippen LogP contribution is -2.37. The number of ether oxygens (including phenoxy) is 3. The maximum atomic E-state index is 9.55. The van der Waals surface area contributed by atoms with Gasteiger partial charge in [0.2, 0.25) is 0 Å². The van der Waals surface area contributed by atoms with E-state index in [9.17, 15) is 9.59 Å². The number of methoxy groups -OCH3 is 1. The number of benzene rings is 3. The van der Waals surface area contributed by atoms with Gasteiger partial charge in [0.25, 0.3) is 0 Å². The molecule has 0 amide bonds. The first kappa shape index (κ1) is 35.3. The number of nitrogens with zero attached hydrogens (tertiary/aromatic N) is 4. The number of rotatable bonds is 14. The van der Waals surface area contributed by atoms with Gasteiger partial charge in [0, 0.05) is 48.9 Å². The summed E-state index contributed by atoms with van der Waals surface area (Å²) >= 11 is 0. The maximum absolute atomic E-state index is 9.55. The first-order valence-electron chi connectivity index (χ1n) is 15.3. The van der Waals surface area contributed by atoms with Gasteiger partial charge in [-0.2, -0.15) is 0 Å². The molecular weight excluding hydrogens is 618 g/mol. The molecule has 1 saturated heterocycles. The molecule has 0 unspecified atom stereocenters. The van der Waals surface area contributed by atoms with Crippen LogP contribution in [0.1, 0.15) is 24.5 Å². The van der Waals surface area contributed by atoms with Gasteiger partial charge in [0.05, 0.1) is 38.2 Å². The summed E-state index contributed by atoms with van der Waals surface area (Å²) in [5.74, 6) is -0.500. The highest BCUT2D eigenvalue weighted by Gasteiger charge is 2.14. The second-order valence-electron chi connectivity index (χ2n) is 10.5. The maximum Gasteiger partial charge on any atom is 0.328 e. The molecule has 3 N–H and O–H groups in total. The molecule has 0 bridgehead atoms. The minimum atomic E-state index is -1.26. The van der Waals surface area contributed by atoms with E-state index in [0.717, 1.165) is 72.7 Å². The molecule has 48 heavy (non-hydrogen) atoms. The normalized spacial score (nSPS) is 13.4. The molecular formula is C35H39N5O8. The summed E-state index contributed by atoms with van der Waals surface area (Å²) < 4.78 is 17.2. The largest absolute Gasteiger partial charge is 0.493 e. The number of fused-ring (bicyclic) bond motifs is 1. The van der Waals surface area contributed by atoms with Crippen LogP contribution in [0.2, 0.25) is 0 Å². The van der Waals surface area contributed by atoms with Crippen molar-refractivity contribution in [1.82, 2.24) is 14.9 Å². The molecule has 4 aromatic rings. The van der Waals surface area contributed by atoms with Crippen LogP contribution in [0.3, 0.4) is 0 Å². The van der Waals surface area contributed by atoms with Gasteiger partial charge >= 0.3 is 11.9 Å². The first-order chi connectivity index (χ1) is 23.3. The summed E-state index contributed by atoms with van der Waals surface area (Å²) in [6.07, 6.45) is 3.58. The van der Waals surface area contributed by atoms with E-state index in [1.165, 1.54) is 0 Å². The van der Waals surface area contributed by atoms with Crippen LogP contribution in [-0.2, 0) is 25.8 Å². The zero-order valence-corrected chi connectivity index (χ0v) is 26.9. The lowest BCUT2D eigenvalue weighted by molar-refractivity contribution is -0.134. The third-order valence-electron chi connectivity index (χ3n) is 7.11. The van der Waals surface area contributed by atoms with E-state index < -0.39 is 11.9 Å². The number of aromatic nitrogens is 2. The molecule has 0 saturated carbocycles. The molecule has 3 aromatic carbocycles. The highest BCUT2D eigenvalue weighted by atomic mass is 16.6. The molecule has 1 aromatic heterocycles. The van der Waals surface area contributed by atoms with Crippen molar-refractivity contribution in [3.05, 3.63) is 96.3 Å². The van der Waals surface area contributed by atoms with E-state index in [0.29, 0.717) is 42.7 Å². The summed E-state index contributed by atoms with van der Waals surface area (Å²) in [6, 6.07) is 21.8. The minimum absolute atomic E-state index is 0.433. The summed E-state index contributed by atoms with van der Waals surface area (Å²) in [5, 5.41) is 24.2. The Morgan fingerprint density at radius 1 is 0.979 bits per heavy atom. The Hall–Kier alpha value is -5.53. The predicted octanol–water partition coefficient (Wildman–Crippen LogP) is 5.14. The van der Waals surface area contributed by atoms with Crippen LogP contribution in [-0.4, -0.2) is 89.3 Å². The quantitative estimate of drug-likeness (QED) is 0.0709. The van der Waals surface area contributed by atoms with Crippen LogP contribution in [0.4, 0.5) is 11.5 Å². The molecule has 1 fully saturated rings. The fraction of sp³-hybridized carbons (Fsp3) is 0.286. The summed E-state index contributed by atoms with van der Waals surface area (Å²) in [4.78, 5) is 36.0. The number of anilines is 2. The monoisotopic (exact) mass is 657 g/mol. The van der Waals surface area contributed by atoms with Crippen molar-refractivity contribution in [2.45, 2.75) is 20.0 Å².